The molecule has 124 valence electrons. The number of carboxylic acids is 1. The van der Waals surface area contributed by atoms with Crippen molar-refractivity contribution < 1.29 is 52.5 Å². The van der Waals surface area contributed by atoms with Crippen LogP contribution < -0.4 is 58.1 Å². The van der Waals surface area contributed by atoms with Gasteiger partial charge in [0.25, 0.3) is 0 Å². The maximum atomic E-state index is 12.7. The zero-order valence-electron chi connectivity index (χ0n) is 14.6. The van der Waals surface area contributed by atoms with Gasteiger partial charge in [0.2, 0.25) is 0 Å². The fraction of sp³-hybridized carbons (Fsp3) is 0.118. The number of nitrogens with one attached hydrogen (secondary N) is 2. The second kappa shape index (κ2) is 9.95. The van der Waals surface area contributed by atoms with E-state index in [0.29, 0.717) is 11.0 Å². The molecule has 26 heavy (non-hydrogen) atoms. The molecule has 3 rings (SSSR count). The molecule has 0 aliphatic heterocycles. The van der Waals surface area contributed by atoms with Gasteiger partial charge in [0.05, 0.1) is 12.0 Å². The van der Waals surface area contributed by atoms with Crippen LogP contribution in [0, 0.1) is 0 Å². The molecule has 0 fully saturated rings. The molecule has 0 spiro atoms. The quantitative estimate of drug-likeness (QED) is 0.333. The first-order valence-corrected chi connectivity index (χ1v) is 10.1. The van der Waals surface area contributed by atoms with Crippen LogP contribution in [0.4, 0.5) is 0 Å². The molecule has 2 atom stereocenters. The normalized spacial score (nSPS) is 13.9. The monoisotopic (exact) mass is 372 g/mol. The Morgan fingerprint density at radius 1 is 1.12 bits per heavy atom. The van der Waals surface area contributed by atoms with Gasteiger partial charge in [0, 0.05) is 17.6 Å². The molecule has 1 heterocycles. The number of hydrogen-bond acceptors (Lipinski definition) is 4. The Kier molecular flexibility index (Phi) is 8.90. The number of hydrogen-bond donors (Lipinski definition) is 2. The number of aromatic amines is 1. The van der Waals surface area contributed by atoms with Crippen molar-refractivity contribution in [3.63, 3.8) is 0 Å². The van der Waals surface area contributed by atoms with Crippen LogP contribution in [0.3, 0.4) is 0 Å². The van der Waals surface area contributed by atoms with Crippen molar-refractivity contribution in [3.05, 3.63) is 66.4 Å². The van der Waals surface area contributed by atoms with Gasteiger partial charge in [-0.25, -0.2) is 0 Å². The molecule has 0 saturated carbocycles. The van der Waals surface area contributed by atoms with Crippen LogP contribution >= 0.6 is 6.42 Å². The van der Waals surface area contributed by atoms with Crippen LogP contribution in [-0.2, 0) is 23.0 Å². The summed E-state index contributed by atoms with van der Waals surface area (Å²) in [5.41, 5.74) is 1.62. The number of rotatable bonds is 6. The van der Waals surface area contributed by atoms with Crippen molar-refractivity contribution in [2.75, 3.05) is 0 Å². The largest absolute Gasteiger partial charge is 1.00 e. The van der Waals surface area contributed by atoms with Gasteiger partial charge in [-0.3, -0.25) is 5.09 Å². The summed E-state index contributed by atoms with van der Waals surface area (Å²) in [5, 5.41) is 15.4. The predicted molar refractivity (Wildman–Crippen MR) is 94.3 cm³/mol. The van der Waals surface area contributed by atoms with Crippen LogP contribution in [0.25, 0.3) is 10.9 Å². The fourth-order valence-electron chi connectivity index (χ4n) is 2.55. The average molecular weight is 372 g/mol. The van der Waals surface area contributed by atoms with Crippen molar-refractivity contribution in [2.45, 2.75) is 12.5 Å². The zero-order chi connectivity index (χ0) is 17.2. The van der Waals surface area contributed by atoms with Crippen molar-refractivity contribution in [1.29, 1.82) is 0 Å². The summed E-state index contributed by atoms with van der Waals surface area (Å²) >= 11 is 5.13. The first-order valence-electron chi connectivity index (χ1n) is 7.38. The molecule has 0 bridgehead atoms. The summed E-state index contributed by atoms with van der Waals surface area (Å²) in [6.45, 7) is 0. The third kappa shape index (κ3) is 5.60. The van der Waals surface area contributed by atoms with Gasteiger partial charge in [-0.1, -0.05) is 60.3 Å². The number of para-hydroxylation sites is 1. The molecular formula is C17H15Li2N2O3PS. The molecule has 1 aromatic heterocycles. The number of carboxylic acid groups (broad SMARTS) is 1. The summed E-state index contributed by atoms with van der Waals surface area (Å²) in [4.78, 5) is 27.3. The first-order chi connectivity index (χ1) is 11.5. The van der Waals surface area contributed by atoms with Crippen LogP contribution in [0.1, 0.15) is 5.69 Å². The van der Waals surface area contributed by atoms with E-state index in [9.17, 15) is 14.8 Å². The summed E-state index contributed by atoms with van der Waals surface area (Å²) in [6, 6.07) is 16.8. The summed E-state index contributed by atoms with van der Waals surface area (Å²) < 4.78 is 0. The van der Waals surface area contributed by atoms with Crippen LogP contribution in [0.5, 0.6) is 0 Å². The van der Waals surface area contributed by atoms with E-state index in [1.165, 1.54) is 0 Å². The van der Waals surface area contributed by atoms with Crippen LogP contribution in [-0.4, -0.2) is 17.0 Å². The summed E-state index contributed by atoms with van der Waals surface area (Å²) in [5.74, 6) is -1.34. The van der Waals surface area contributed by atoms with Crippen molar-refractivity contribution in [3.8, 4) is 0 Å². The Balaban J connectivity index is 0.00000169. The van der Waals surface area contributed by atoms with Gasteiger partial charge in [-0.05, 0) is 29.2 Å². The predicted octanol–water partition coefficient (Wildman–Crippen LogP) is -5.58. The first kappa shape index (κ1) is 23.3. The smallest absolute Gasteiger partial charge is 0.807 e. The molecule has 5 nitrogen and oxygen atoms in total. The van der Waals surface area contributed by atoms with E-state index < -0.39 is 18.4 Å². The minimum atomic E-state index is -3.43. The van der Waals surface area contributed by atoms with E-state index in [1.54, 1.807) is 30.3 Å². The van der Waals surface area contributed by atoms with E-state index in [2.05, 4.69) is 10.1 Å². The SMILES string of the molecule is O=C([O-])[C@H](Cc1cc2ccccc2[nH]1)NP([O-])(=S)c1ccccc1.[Li+].[Li+]. The molecule has 2 aromatic carbocycles. The minimum absolute atomic E-state index is 0. The number of H-pyrrole nitrogens is 1. The molecule has 0 radical (unpaired) electrons. The van der Waals surface area contributed by atoms with E-state index in [1.807, 2.05) is 30.3 Å². The third-order valence-corrected chi connectivity index (χ3v) is 6.29. The number of aromatic nitrogens is 1. The molecule has 9 heteroatoms. The number of carbonyl (C=O) groups is 1. The maximum absolute atomic E-state index is 12.7. The minimum Gasteiger partial charge on any atom is -0.807 e. The van der Waals surface area contributed by atoms with Crippen LogP contribution in [0.2, 0.25) is 0 Å². The fourth-order valence-corrected chi connectivity index (χ4v) is 4.62. The molecule has 0 saturated heterocycles. The third-order valence-electron chi connectivity index (χ3n) is 3.72. The van der Waals surface area contributed by atoms with Crippen molar-refractivity contribution in [1.82, 2.24) is 10.1 Å². The number of carbonyl (C=O) groups excluding carboxylic acids is 1. The van der Waals surface area contributed by atoms with Gasteiger partial charge < -0.3 is 19.8 Å². The Bertz CT molecular complexity index is 888. The second-order valence-corrected chi connectivity index (χ2v) is 8.89. The Labute approximate surface area is 181 Å². The Hall–Kier alpha value is -0.785. The van der Waals surface area contributed by atoms with Gasteiger partial charge >= 0.3 is 37.7 Å². The van der Waals surface area contributed by atoms with Gasteiger partial charge in [-0.15, -0.1) is 0 Å². The molecule has 3 aromatic rings. The zero-order valence-corrected chi connectivity index (χ0v) is 16.3. The van der Waals surface area contributed by atoms with Gasteiger partial charge in [0.15, 0.2) is 0 Å². The van der Waals surface area contributed by atoms with Gasteiger partial charge in [-0.2, -0.15) is 0 Å². The topological polar surface area (TPSA) is 91.0 Å². The van der Waals surface area contributed by atoms with E-state index >= 15 is 0 Å². The summed E-state index contributed by atoms with van der Waals surface area (Å²) in [6.07, 6.45) is -3.33. The number of fused-ring (bicyclic) bond motifs is 1. The van der Waals surface area contributed by atoms with Crippen molar-refractivity contribution in [2.24, 2.45) is 0 Å². The Morgan fingerprint density at radius 3 is 2.35 bits per heavy atom. The molecule has 1 unspecified atom stereocenters. The summed E-state index contributed by atoms with van der Waals surface area (Å²) in [7, 11) is 0. The molecule has 2 N–H and O–H groups in total. The van der Waals surface area contributed by atoms with E-state index in [-0.39, 0.29) is 44.1 Å². The van der Waals surface area contributed by atoms with Crippen molar-refractivity contribution >= 4 is 40.4 Å². The standard InChI is InChI=1S/C17H17N2O3PS.2Li/c20-17(21)16(19-23(22,24)14-7-2-1-3-8-14)11-13-10-12-6-4-5-9-15(12)18-13;;/h1-10,16,18H,11H2,(H,20,21)(H2,19,22,24);;/q;2*+1/p-2/t16-,23?;;/m0../s1. The molecule has 0 amide bonds. The molecule has 0 aliphatic rings. The number of benzene rings is 2. The van der Waals surface area contributed by atoms with E-state index in [4.69, 9.17) is 11.8 Å². The maximum Gasteiger partial charge on any atom is 1.00 e. The second-order valence-electron chi connectivity index (χ2n) is 5.47. The average Bonchev–Trinajstić information content (AvgIpc) is 2.97. The van der Waals surface area contributed by atoms with Gasteiger partial charge in [0.1, 0.15) is 0 Å². The Morgan fingerprint density at radius 2 is 1.73 bits per heavy atom. The van der Waals surface area contributed by atoms with Crippen LogP contribution in [0.15, 0.2) is 60.7 Å². The molecule has 0 aliphatic carbocycles. The number of aliphatic carboxylic acids is 1. The van der Waals surface area contributed by atoms with E-state index in [0.717, 1.165) is 10.9 Å². The molecular weight excluding hydrogens is 357 g/mol.